The second-order valence-electron chi connectivity index (χ2n) is 7.00. The molecule has 0 saturated heterocycles. The number of aryl methyl sites for hydroxylation is 1. The number of rotatable bonds is 6. The fourth-order valence-electron chi connectivity index (χ4n) is 3.03. The van der Waals surface area contributed by atoms with Crippen LogP contribution in [0.3, 0.4) is 0 Å². The van der Waals surface area contributed by atoms with E-state index in [1.165, 1.54) is 12.1 Å². The first-order valence-corrected chi connectivity index (χ1v) is 9.77. The van der Waals surface area contributed by atoms with Crippen molar-refractivity contribution in [2.75, 3.05) is 0 Å². The minimum Gasteiger partial charge on any atom is -0.424 e. The van der Waals surface area contributed by atoms with Crippen molar-refractivity contribution in [2.24, 2.45) is 0 Å². The molecule has 31 heavy (non-hydrogen) atoms. The maximum atomic E-state index is 13.0. The van der Waals surface area contributed by atoms with Crippen molar-refractivity contribution in [2.45, 2.75) is 13.5 Å². The van der Waals surface area contributed by atoms with Crippen LogP contribution in [0.5, 0.6) is 11.8 Å². The SMILES string of the molecule is Cc1ccccc1CNC(=O)c1ccc(Oc2ncc(-c3ccc(F)cc3)cn2)cc1. The first-order valence-electron chi connectivity index (χ1n) is 9.77. The summed E-state index contributed by atoms with van der Waals surface area (Å²) >= 11 is 0. The predicted octanol–water partition coefficient (Wildman–Crippen LogP) is 5.31. The minimum absolute atomic E-state index is 0.158. The van der Waals surface area contributed by atoms with E-state index in [1.54, 1.807) is 48.8 Å². The van der Waals surface area contributed by atoms with Crippen molar-refractivity contribution in [3.8, 4) is 22.9 Å². The highest BCUT2D eigenvalue weighted by molar-refractivity contribution is 5.94. The van der Waals surface area contributed by atoms with Gasteiger partial charge in [0.1, 0.15) is 11.6 Å². The fraction of sp³-hybridized carbons (Fsp3) is 0.0800. The molecule has 4 rings (SSSR count). The average molecular weight is 413 g/mol. The predicted molar refractivity (Wildman–Crippen MR) is 116 cm³/mol. The second kappa shape index (κ2) is 9.17. The van der Waals surface area contributed by atoms with Gasteiger partial charge >= 0.3 is 6.01 Å². The normalized spacial score (nSPS) is 10.5. The Labute approximate surface area is 179 Å². The molecule has 0 aliphatic carbocycles. The van der Waals surface area contributed by atoms with Gasteiger partial charge in [-0.2, -0.15) is 0 Å². The van der Waals surface area contributed by atoms with Crippen LogP contribution < -0.4 is 10.1 Å². The molecule has 6 heteroatoms. The Morgan fingerprint density at radius 1 is 0.903 bits per heavy atom. The van der Waals surface area contributed by atoms with Crippen LogP contribution in [0.4, 0.5) is 4.39 Å². The van der Waals surface area contributed by atoms with Crippen molar-refractivity contribution < 1.29 is 13.9 Å². The van der Waals surface area contributed by atoms with Gasteiger partial charge in [0.2, 0.25) is 0 Å². The summed E-state index contributed by atoms with van der Waals surface area (Å²) in [5, 5.41) is 2.92. The third kappa shape index (κ3) is 5.11. The fourth-order valence-corrected chi connectivity index (χ4v) is 3.03. The summed E-state index contributed by atoms with van der Waals surface area (Å²) in [7, 11) is 0. The van der Waals surface area contributed by atoms with Gasteiger partial charge in [0.05, 0.1) is 0 Å². The Hall–Kier alpha value is -4.06. The highest BCUT2D eigenvalue weighted by Crippen LogP contribution is 2.22. The molecule has 3 aromatic carbocycles. The molecule has 0 atom stereocenters. The van der Waals surface area contributed by atoms with Crippen LogP contribution in [0.2, 0.25) is 0 Å². The lowest BCUT2D eigenvalue weighted by atomic mass is 10.1. The number of nitrogens with zero attached hydrogens (tertiary/aromatic N) is 2. The standard InChI is InChI=1S/C25H20FN3O2/c1-17-4-2-3-5-20(17)14-27-24(30)19-8-12-23(13-9-19)31-25-28-15-21(16-29-25)18-6-10-22(26)11-7-18/h2-13,15-16H,14H2,1H3,(H,27,30). The number of aromatic nitrogens is 2. The molecule has 0 fully saturated rings. The average Bonchev–Trinajstić information content (AvgIpc) is 2.80. The zero-order chi connectivity index (χ0) is 21.6. The van der Waals surface area contributed by atoms with Crippen LogP contribution >= 0.6 is 0 Å². The van der Waals surface area contributed by atoms with Crippen LogP contribution in [0, 0.1) is 12.7 Å². The summed E-state index contributed by atoms with van der Waals surface area (Å²) in [6.07, 6.45) is 3.23. The molecule has 1 aromatic heterocycles. The van der Waals surface area contributed by atoms with Crippen molar-refractivity contribution in [1.82, 2.24) is 15.3 Å². The van der Waals surface area contributed by atoms with Crippen LogP contribution in [0.25, 0.3) is 11.1 Å². The lowest BCUT2D eigenvalue weighted by Crippen LogP contribution is -2.23. The molecule has 0 radical (unpaired) electrons. The summed E-state index contributed by atoms with van der Waals surface area (Å²) in [6.45, 7) is 2.49. The van der Waals surface area contributed by atoms with E-state index in [4.69, 9.17) is 4.74 Å². The van der Waals surface area contributed by atoms with Crippen LogP contribution in [-0.4, -0.2) is 15.9 Å². The number of nitrogens with one attached hydrogen (secondary N) is 1. The molecule has 0 unspecified atom stereocenters. The quantitative estimate of drug-likeness (QED) is 0.465. The monoisotopic (exact) mass is 413 g/mol. The number of carbonyl (C=O) groups is 1. The van der Waals surface area contributed by atoms with Gasteiger partial charge in [0, 0.05) is 30.1 Å². The van der Waals surface area contributed by atoms with Gasteiger partial charge in [-0.15, -0.1) is 0 Å². The Kier molecular flexibility index (Phi) is 5.98. The van der Waals surface area contributed by atoms with Crippen molar-refractivity contribution in [3.63, 3.8) is 0 Å². The number of halogens is 1. The van der Waals surface area contributed by atoms with Gasteiger partial charge in [-0.25, -0.2) is 14.4 Å². The zero-order valence-corrected chi connectivity index (χ0v) is 16.9. The van der Waals surface area contributed by atoms with Gasteiger partial charge in [0.25, 0.3) is 5.91 Å². The molecule has 0 spiro atoms. The van der Waals surface area contributed by atoms with Crippen LogP contribution in [-0.2, 0) is 6.54 Å². The van der Waals surface area contributed by atoms with E-state index in [-0.39, 0.29) is 17.7 Å². The topological polar surface area (TPSA) is 64.1 Å². The second-order valence-corrected chi connectivity index (χ2v) is 7.00. The lowest BCUT2D eigenvalue weighted by molar-refractivity contribution is 0.0951. The van der Waals surface area contributed by atoms with E-state index < -0.39 is 0 Å². The minimum atomic E-state index is -0.295. The molecule has 154 valence electrons. The molecular weight excluding hydrogens is 393 g/mol. The van der Waals surface area contributed by atoms with Gasteiger partial charge < -0.3 is 10.1 Å². The van der Waals surface area contributed by atoms with E-state index in [9.17, 15) is 9.18 Å². The first kappa shape index (κ1) is 20.2. The van der Waals surface area contributed by atoms with Crippen molar-refractivity contribution >= 4 is 5.91 Å². The Bertz CT molecular complexity index is 1170. The van der Waals surface area contributed by atoms with E-state index in [0.29, 0.717) is 17.9 Å². The van der Waals surface area contributed by atoms with E-state index in [2.05, 4.69) is 15.3 Å². The van der Waals surface area contributed by atoms with E-state index in [0.717, 1.165) is 22.3 Å². The third-order valence-corrected chi connectivity index (χ3v) is 4.83. The van der Waals surface area contributed by atoms with Gasteiger partial charge in [-0.1, -0.05) is 36.4 Å². The van der Waals surface area contributed by atoms with Gasteiger partial charge in [-0.05, 0) is 60.0 Å². The Morgan fingerprint density at radius 2 is 1.58 bits per heavy atom. The maximum Gasteiger partial charge on any atom is 0.321 e. The Morgan fingerprint density at radius 3 is 2.26 bits per heavy atom. The molecule has 4 aromatic rings. The van der Waals surface area contributed by atoms with Crippen LogP contribution in [0.1, 0.15) is 21.5 Å². The molecule has 1 heterocycles. The number of hydrogen-bond donors (Lipinski definition) is 1. The molecular formula is C25H20FN3O2. The van der Waals surface area contributed by atoms with Crippen molar-refractivity contribution in [3.05, 3.63) is 108 Å². The zero-order valence-electron chi connectivity index (χ0n) is 16.9. The lowest BCUT2D eigenvalue weighted by Gasteiger charge is -2.09. The smallest absolute Gasteiger partial charge is 0.321 e. The van der Waals surface area contributed by atoms with Gasteiger partial charge in [-0.3, -0.25) is 4.79 Å². The number of carbonyl (C=O) groups excluding carboxylic acids is 1. The summed E-state index contributed by atoms with van der Waals surface area (Å²) in [4.78, 5) is 20.8. The summed E-state index contributed by atoms with van der Waals surface area (Å²) < 4.78 is 18.7. The Balaban J connectivity index is 1.36. The van der Waals surface area contributed by atoms with Gasteiger partial charge in [0.15, 0.2) is 0 Å². The molecule has 0 aliphatic heterocycles. The molecule has 1 N–H and O–H groups in total. The number of benzene rings is 3. The summed E-state index contributed by atoms with van der Waals surface area (Å²) in [5.74, 6) is 0.0663. The summed E-state index contributed by atoms with van der Waals surface area (Å²) in [5.41, 5.74) is 4.32. The highest BCUT2D eigenvalue weighted by atomic mass is 19.1. The van der Waals surface area contributed by atoms with Crippen molar-refractivity contribution in [1.29, 1.82) is 0 Å². The number of hydrogen-bond acceptors (Lipinski definition) is 4. The number of ether oxygens (including phenoxy) is 1. The highest BCUT2D eigenvalue weighted by Gasteiger charge is 2.08. The summed E-state index contributed by atoms with van der Waals surface area (Å²) in [6, 6.07) is 21.0. The first-order chi connectivity index (χ1) is 15.1. The van der Waals surface area contributed by atoms with E-state index in [1.807, 2.05) is 31.2 Å². The molecule has 0 aliphatic rings. The molecule has 1 amide bonds. The van der Waals surface area contributed by atoms with Crippen LogP contribution in [0.15, 0.2) is 85.2 Å². The number of amides is 1. The third-order valence-electron chi connectivity index (χ3n) is 4.83. The molecule has 5 nitrogen and oxygen atoms in total. The molecule has 0 bridgehead atoms. The molecule has 0 saturated carbocycles. The van der Waals surface area contributed by atoms with E-state index >= 15 is 0 Å². The maximum absolute atomic E-state index is 13.0. The largest absolute Gasteiger partial charge is 0.424 e.